The maximum Gasteiger partial charge on any atom is 0.416 e. The van der Waals surface area contributed by atoms with Crippen LogP contribution in [-0.2, 0) is 31.4 Å². The van der Waals surface area contributed by atoms with Gasteiger partial charge in [-0.2, -0.15) is 26.3 Å². The van der Waals surface area contributed by atoms with Crippen molar-refractivity contribution in [2.24, 2.45) is 0 Å². The molecule has 232 valence electrons. The zero-order valence-electron chi connectivity index (χ0n) is 22.7. The minimum atomic E-state index is -5.00. The van der Waals surface area contributed by atoms with Gasteiger partial charge in [-0.25, -0.2) is 8.42 Å². The zero-order valence-corrected chi connectivity index (χ0v) is 24.4. The highest BCUT2D eigenvalue weighted by Crippen LogP contribution is 2.49. The number of rotatable bonds is 12. The van der Waals surface area contributed by atoms with Gasteiger partial charge in [-0.05, 0) is 55.5 Å². The summed E-state index contributed by atoms with van der Waals surface area (Å²) in [6.45, 7) is 1.92. The van der Waals surface area contributed by atoms with Gasteiger partial charge in [0.1, 0.15) is 17.2 Å². The first-order chi connectivity index (χ1) is 19.4. The molecular weight excluding hydrogens is 610 g/mol. The van der Waals surface area contributed by atoms with Crippen LogP contribution in [0, 0.1) is 0 Å². The Kier molecular flexibility index (Phi) is 10.4. The van der Waals surface area contributed by atoms with Crippen molar-refractivity contribution in [3.63, 3.8) is 0 Å². The number of thiophene rings is 1. The molecule has 0 unspecified atom stereocenters. The summed E-state index contributed by atoms with van der Waals surface area (Å²) in [6, 6.07) is 8.08. The van der Waals surface area contributed by atoms with Crippen LogP contribution in [0.5, 0.6) is 5.75 Å². The molecule has 3 rings (SSSR count). The van der Waals surface area contributed by atoms with Crippen LogP contribution in [0.15, 0.2) is 42.1 Å². The number of hydrogen-bond donors (Lipinski definition) is 2. The molecule has 0 saturated carbocycles. The molecule has 2 amide bonds. The lowest BCUT2D eigenvalue weighted by Crippen LogP contribution is -2.60. The van der Waals surface area contributed by atoms with Crippen molar-refractivity contribution in [3.8, 4) is 5.75 Å². The molecule has 2 aromatic rings. The van der Waals surface area contributed by atoms with Crippen LogP contribution in [-0.4, -0.2) is 51.2 Å². The van der Waals surface area contributed by atoms with Gasteiger partial charge in [-0.3, -0.25) is 9.59 Å². The summed E-state index contributed by atoms with van der Waals surface area (Å²) >= 11 is 1.15. The SMILES string of the molecule is CCc1ccc(C2=C(NC(=O)CS(C)(=O)=O)C(=O)N[C@@](c3ccc(OCCCCCC(F)(F)F)cc3)(C(F)(F)F)C2)s1. The van der Waals surface area contributed by atoms with E-state index in [-0.39, 0.29) is 36.3 Å². The number of carbonyl (C=O) groups is 2. The van der Waals surface area contributed by atoms with Crippen LogP contribution in [0.2, 0.25) is 0 Å². The van der Waals surface area contributed by atoms with E-state index in [1.54, 1.807) is 12.1 Å². The lowest BCUT2D eigenvalue weighted by molar-refractivity contribution is -0.201. The van der Waals surface area contributed by atoms with Gasteiger partial charge in [-0.15, -0.1) is 11.3 Å². The summed E-state index contributed by atoms with van der Waals surface area (Å²) in [5.41, 5.74) is -3.76. The van der Waals surface area contributed by atoms with Gasteiger partial charge in [-0.1, -0.05) is 19.1 Å². The maximum absolute atomic E-state index is 14.8. The van der Waals surface area contributed by atoms with E-state index in [1.807, 2.05) is 12.2 Å². The number of amides is 2. The number of ether oxygens (including phenoxy) is 1. The number of unbranched alkanes of at least 4 members (excludes halogenated alkanes) is 2. The van der Waals surface area contributed by atoms with Crippen molar-refractivity contribution in [2.45, 2.75) is 63.3 Å². The summed E-state index contributed by atoms with van der Waals surface area (Å²) in [4.78, 5) is 26.7. The van der Waals surface area contributed by atoms with Crippen molar-refractivity contribution >= 4 is 38.6 Å². The molecule has 1 aromatic carbocycles. The standard InChI is InChI=1S/C27H30F6N2O5S2/c1-3-19-11-12-21(41-19)20-15-25(27(31,32)33,35-24(37)23(20)34-22(36)16-42(2,38)39)17-7-9-18(10-8-17)40-14-6-4-5-13-26(28,29)30/h7-12H,3-6,13-16H2,1-2H3,(H,34,36)(H,35,37)/t25-/m0/s1. The second kappa shape index (κ2) is 13.1. The molecular formula is C27H30F6N2O5S2. The normalized spacial score (nSPS) is 18.1. The lowest BCUT2D eigenvalue weighted by Gasteiger charge is -2.41. The zero-order chi connectivity index (χ0) is 31.3. The van der Waals surface area contributed by atoms with Gasteiger partial charge in [0.2, 0.25) is 5.91 Å². The Hall–Kier alpha value is -3.07. The largest absolute Gasteiger partial charge is 0.494 e. The number of benzene rings is 1. The summed E-state index contributed by atoms with van der Waals surface area (Å²) in [6.07, 6.45) is -9.02. The lowest BCUT2D eigenvalue weighted by atomic mass is 9.79. The second-order valence-corrected chi connectivity index (χ2v) is 13.2. The Morgan fingerprint density at radius 1 is 1.05 bits per heavy atom. The molecule has 0 fully saturated rings. The molecule has 42 heavy (non-hydrogen) atoms. The summed E-state index contributed by atoms with van der Waals surface area (Å²) in [5.74, 6) is -3.06. The van der Waals surface area contributed by atoms with E-state index in [2.05, 4.69) is 5.32 Å². The average Bonchev–Trinajstić information content (AvgIpc) is 3.34. The van der Waals surface area contributed by atoms with Gasteiger partial charge in [0.25, 0.3) is 5.91 Å². The van der Waals surface area contributed by atoms with Crippen LogP contribution in [0.4, 0.5) is 26.3 Å². The second-order valence-electron chi connectivity index (χ2n) is 9.92. The Labute approximate surface area is 243 Å². The first-order valence-corrected chi connectivity index (χ1v) is 15.8. The van der Waals surface area contributed by atoms with Crippen molar-refractivity contribution in [1.82, 2.24) is 10.6 Å². The van der Waals surface area contributed by atoms with E-state index in [0.717, 1.165) is 34.6 Å². The Morgan fingerprint density at radius 2 is 1.71 bits per heavy atom. The molecule has 0 aliphatic carbocycles. The van der Waals surface area contributed by atoms with Crippen LogP contribution in [0.1, 0.15) is 54.3 Å². The molecule has 7 nitrogen and oxygen atoms in total. The smallest absolute Gasteiger partial charge is 0.416 e. The number of aryl methyl sites for hydroxylation is 1. The Morgan fingerprint density at radius 3 is 2.26 bits per heavy atom. The minimum absolute atomic E-state index is 0.0594. The highest BCUT2D eigenvalue weighted by atomic mass is 32.2. The fourth-order valence-corrected chi connectivity index (χ4v) is 5.96. The molecule has 1 aliphatic rings. The van der Waals surface area contributed by atoms with Crippen LogP contribution in [0.25, 0.3) is 5.57 Å². The van der Waals surface area contributed by atoms with Crippen LogP contribution >= 0.6 is 11.3 Å². The molecule has 1 aromatic heterocycles. The van der Waals surface area contributed by atoms with Crippen LogP contribution < -0.4 is 15.4 Å². The summed E-state index contributed by atoms with van der Waals surface area (Å²) < 4.78 is 110. The Balaban J connectivity index is 1.90. The summed E-state index contributed by atoms with van der Waals surface area (Å²) in [7, 11) is -3.79. The summed E-state index contributed by atoms with van der Waals surface area (Å²) in [5, 5.41) is 4.21. The van der Waals surface area contributed by atoms with E-state index in [1.165, 1.54) is 12.1 Å². The van der Waals surface area contributed by atoms with Crippen LogP contribution in [0.3, 0.4) is 0 Å². The van der Waals surface area contributed by atoms with Crippen molar-refractivity contribution in [3.05, 3.63) is 57.4 Å². The van der Waals surface area contributed by atoms with Crippen molar-refractivity contribution in [2.75, 3.05) is 18.6 Å². The number of nitrogens with one attached hydrogen (secondary N) is 2. The molecule has 0 bridgehead atoms. The number of sulfone groups is 1. The average molecular weight is 641 g/mol. The van der Waals surface area contributed by atoms with Gasteiger partial charge in [0, 0.05) is 34.4 Å². The predicted molar refractivity (Wildman–Crippen MR) is 145 cm³/mol. The molecule has 2 N–H and O–H groups in total. The Bertz CT molecular complexity index is 1420. The molecule has 0 radical (unpaired) electrons. The van der Waals surface area contributed by atoms with E-state index < -0.39 is 63.8 Å². The van der Waals surface area contributed by atoms with E-state index in [9.17, 15) is 44.3 Å². The fourth-order valence-electron chi connectivity index (χ4n) is 4.42. The molecule has 1 atom stereocenters. The molecule has 2 heterocycles. The molecule has 0 spiro atoms. The van der Waals surface area contributed by atoms with Crippen molar-refractivity contribution < 1.29 is 49.1 Å². The monoisotopic (exact) mass is 640 g/mol. The van der Waals surface area contributed by atoms with Gasteiger partial charge < -0.3 is 15.4 Å². The number of hydrogen-bond acceptors (Lipinski definition) is 6. The highest BCUT2D eigenvalue weighted by Gasteiger charge is 2.59. The molecule has 15 heteroatoms. The predicted octanol–water partition coefficient (Wildman–Crippen LogP) is 5.66. The number of alkyl halides is 6. The van der Waals surface area contributed by atoms with Gasteiger partial charge >= 0.3 is 12.4 Å². The third kappa shape index (κ3) is 8.72. The topological polar surface area (TPSA) is 102 Å². The first kappa shape index (κ1) is 33.4. The van der Waals surface area contributed by atoms with Crippen molar-refractivity contribution in [1.29, 1.82) is 0 Å². The highest BCUT2D eigenvalue weighted by molar-refractivity contribution is 7.91. The van der Waals surface area contributed by atoms with Gasteiger partial charge in [0.05, 0.1) is 6.61 Å². The first-order valence-electron chi connectivity index (χ1n) is 12.9. The number of halogens is 6. The quantitative estimate of drug-likeness (QED) is 0.230. The van der Waals surface area contributed by atoms with E-state index in [0.29, 0.717) is 17.7 Å². The van der Waals surface area contributed by atoms with E-state index >= 15 is 0 Å². The third-order valence-electron chi connectivity index (χ3n) is 6.47. The maximum atomic E-state index is 14.8. The van der Waals surface area contributed by atoms with E-state index in [4.69, 9.17) is 4.74 Å². The minimum Gasteiger partial charge on any atom is -0.494 e. The fraction of sp³-hybridized carbons (Fsp3) is 0.481. The third-order valence-corrected chi connectivity index (χ3v) is 8.54. The number of carbonyl (C=O) groups excluding carboxylic acids is 2. The molecule has 1 aliphatic heterocycles. The molecule has 0 saturated heterocycles. The van der Waals surface area contributed by atoms with Gasteiger partial charge in [0.15, 0.2) is 15.4 Å².